The molecule has 0 aliphatic heterocycles. The van der Waals surface area contributed by atoms with Crippen LogP contribution in [0.2, 0.25) is 0 Å². The standard InChI is InChI=1S/C16H15N3O3S/c1-10-7-11(2)9-12(8-10)15(20)18-16(23)17-13-5-3-4-6-14(13)19(21)22/h3-9H,1-2H3,(H2,17,18,20,23). The van der Waals surface area contributed by atoms with Gasteiger partial charge in [0.25, 0.3) is 11.6 Å². The topological polar surface area (TPSA) is 84.3 Å². The molecule has 0 radical (unpaired) electrons. The lowest BCUT2D eigenvalue weighted by molar-refractivity contribution is -0.383. The molecule has 0 atom stereocenters. The van der Waals surface area contributed by atoms with E-state index in [0.29, 0.717) is 5.56 Å². The van der Waals surface area contributed by atoms with Gasteiger partial charge in [0.1, 0.15) is 5.69 Å². The smallest absolute Gasteiger partial charge is 0.292 e. The lowest BCUT2D eigenvalue weighted by atomic mass is 10.1. The molecule has 23 heavy (non-hydrogen) atoms. The van der Waals surface area contributed by atoms with Crippen molar-refractivity contribution in [2.24, 2.45) is 0 Å². The number of nitrogens with one attached hydrogen (secondary N) is 2. The Morgan fingerprint density at radius 1 is 1.13 bits per heavy atom. The van der Waals surface area contributed by atoms with E-state index in [1.165, 1.54) is 12.1 Å². The van der Waals surface area contributed by atoms with Crippen molar-refractivity contribution in [2.45, 2.75) is 13.8 Å². The van der Waals surface area contributed by atoms with Gasteiger partial charge in [0.2, 0.25) is 0 Å². The van der Waals surface area contributed by atoms with E-state index in [2.05, 4.69) is 10.6 Å². The second kappa shape index (κ2) is 6.97. The summed E-state index contributed by atoms with van der Waals surface area (Å²) in [4.78, 5) is 22.6. The molecule has 6 nitrogen and oxygen atoms in total. The molecule has 1 amide bonds. The number of carbonyl (C=O) groups is 1. The number of benzene rings is 2. The van der Waals surface area contributed by atoms with E-state index >= 15 is 0 Å². The summed E-state index contributed by atoms with van der Waals surface area (Å²) >= 11 is 5.06. The number of nitrogens with zero attached hydrogens (tertiary/aromatic N) is 1. The first-order valence-electron chi connectivity index (χ1n) is 6.81. The summed E-state index contributed by atoms with van der Waals surface area (Å²) in [7, 11) is 0. The Bertz CT molecular complexity index is 770. The van der Waals surface area contributed by atoms with Crippen LogP contribution in [0.4, 0.5) is 11.4 Å². The molecule has 2 aromatic carbocycles. The zero-order valence-corrected chi connectivity index (χ0v) is 13.4. The zero-order valence-electron chi connectivity index (χ0n) is 12.6. The van der Waals surface area contributed by atoms with Crippen LogP contribution in [0, 0.1) is 24.0 Å². The van der Waals surface area contributed by atoms with Crippen molar-refractivity contribution in [3.05, 3.63) is 69.3 Å². The first-order chi connectivity index (χ1) is 10.9. The number of aryl methyl sites for hydroxylation is 2. The van der Waals surface area contributed by atoms with Crippen molar-refractivity contribution < 1.29 is 9.72 Å². The molecular weight excluding hydrogens is 314 g/mol. The van der Waals surface area contributed by atoms with Crippen molar-refractivity contribution in [3.63, 3.8) is 0 Å². The molecule has 118 valence electrons. The SMILES string of the molecule is Cc1cc(C)cc(C(=O)NC(=S)Nc2ccccc2[N+](=O)[O-])c1. The molecule has 0 aromatic heterocycles. The second-order valence-electron chi connectivity index (χ2n) is 5.06. The summed E-state index contributed by atoms with van der Waals surface area (Å²) < 4.78 is 0. The Labute approximate surface area is 138 Å². The molecule has 2 aromatic rings. The number of para-hydroxylation sites is 2. The predicted octanol–water partition coefficient (Wildman–Crippen LogP) is 3.34. The van der Waals surface area contributed by atoms with E-state index in [4.69, 9.17) is 12.2 Å². The summed E-state index contributed by atoms with van der Waals surface area (Å²) in [5, 5.41) is 16.2. The summed E-state index contributed by atoms with van der Waals surface area (Å²) in [6, 6.07) is 11.5. The molecule has 0 saturated carbocycles. The number of anilines is 1. The lowest BCUT2D eigenvalue weighted by Crippen LogP contribution is -2.34. The summed E-state index contributed by atoms with van der Waals surface area (Å²) in [6.45, 7) is 3.79. The molecule has 7 heteroatoms. The average Bonchev–Trinajstić information content (AvgIpc) is 2.46. The van der Waals surface area contributed by atoms with Gasteiger partial charge in [0.05, 0.1) is 4.92 Å². The van der Waals surface area contributed by atoms with E-state index in [-0.39, 0.29) is 22.4 Å². The van der Waals surface area contributed by atoms with Crippen molar-refractivity contribution in [3.8, 4) is 0 Å². The normalized spacial score (nSPS) is 10.0. The van der Waals surface area contributed by atoms with Crippen LogP contribution >= 0.6 is 12.2 Å². The minimum Gasteiger partial charge on any atom is -0.327 e. The number of rotatable bonds is 3. The Morgan fingerprint density at radius 3 is 2.35 bits per heavy atom. The van der Waals surface area contributed by atoms with Crippen LogP contribution in [0.15, 0.2) is 42.5 Å². The first kappa shape index (κ1) is 16.6. The van der Waals surface area contributed by atoms with Crippen molar-refractivity contribution in [2.75, 3.05) is 5.32 Å². The van der Waals surface area contributed by atoms with Gasteiger partial charge in [-0.2, -0.15) is 0 Å². The van der Waals surface area contributed by atoms with Gasteiger partial charge < -0.3 is 5.32 Å². The minimum absolute atomic E-state index is 0.00320. The fraction of sp³-hybridized carbons (Fsp3) is 0.125. The highest BCUT2D eigenvalue weighted by atomic mass is 32.1. The lowest BCUT2D eigenvalue weighted by Gasteiger charge is -2.10. The number of nitro groups is 1. The molecule has 0 fully saturated rings. The Balaban J connectivity index is 2.11. The number of carbonyl (C=O) groups excluding carboxylic acids is 1. The fourth-order valence-corrected chi connectivity index (χ4v) is 2.38. The molecule has 0 heterocycles. The van der Waals surface area contributed by atoms with Crippen molar-refractivity contribution in [1.82, 2.24) is 5.32 Å². The maximum absolute atomic E-state index is 12.2. The van der Waals surface area contributed by atoms with Gasteiger partial charge in [0.15, 0.2) is 5.11 Å². The number of thiocarbonyl (C=S) groups is 1. The highest BCUT2D eigenvalue weighted by Crippen LogP contribution is 2.22. The molecule has 0 unspecified atom stereocenters. The molecule has 0 spiro atoms. The van der Waals surface area contributed by atoms with E-state index in [1.54, 1.807) is 24.3 Å². The monoisotopic (exact) mass is 329 g/mol. The largest absolute Gasteiger partial charge is 0.327 e. The van der Waals surface area contributed by atoms with Crippen LogP contribution in [0.5, 0.6) is 0 Å². The fourth-order valence-electron chi connectivity index (χ4n) is 2.17. The van der Waals surface area contributed by atoms with E-state index < -0.39 is 4.92 Å². The molecule has 2 rings (SSSR count). The third kappa shape index (κ3) is 4.33. The van der Waals surface area contributed by atoms with Gasteiger partial charge >= 0.3 is 0 Å². The number of hydrogen-bond donors (Lipinski definition) is 2. The average molecular weight is 329 g/mol. The minimum atomic E-state index is -0.517. The third-order valence-corrected chi connectivity index (χ3v) is 3.26. The predicted molar refractivity (Wildman–Crippen MR) is 92.7 cm³/mol. The molecule has 0 saturated heterocycles. The highest BCUT2D eigenvalue weighted by Gasteiger charge is 2.15. The van der Waals surface area contributed by atoms with Crippen LogP contribution in [0.3, 0.4) is 0 Å². The second-order valence-corrected chi connectivity index (χ2v) is 5.47. The van der Waals surface area contributed by atoms with Gasteiger partial charge in [-0.05, 0) is 44.3 Å². The van der Waals surface area contributed by atoms with Crippen LogP contribution < -0.4 is 10.6 Å². The number of nitro benzene ring substituents is 1. The summed E-state index contributed by atoms with van der Waals surface area (Å²) in [5.74, 6) is -0.368. The molecule has 0 aliphatic carbocycles. The number of hydrogen-bond acceptors (Lipinski definition) is 4. The van der Waals surface area contributed by atoms with Crippen molar-refractivity contribution >= 4 is 34.6 Å². The Hall–Kier alpha value is -2.80. The Kier molecular flexibility index (Phi) is 5.02. The first-order valence-corrected chi connectivity index (χ1v) is 7.21. The third-order valence-electron chi connectivity index (χ3n) is 3.06. The molecule has 2 N–H and O–H groups in total. The Morgan fingerprint density at radius 2 is 1.74 bits per heavy atom. The number of amides is 1. The molecule has 0 aliphatic rings. The molecular formula is C16H15N3O3S. The maximum atomic E-state index is 12.2. The van der Waals surface area contributed by atoms with Crippen molar-refractivity contribution in [1.29, 1.82) is 0 Å². The van der Waals surface area contributed by atoms with E-state index in [1.807, 2.05) is 19.9 Å². The highest BCUT2D eigenvalue weighted by molar-refractivity contribution is 7.80. The quantitative estimate of drug-likeness (QED) is 0.512. The summed E-state index contributed by atoms with van der Waals surface area (Å²) in [5.41, 5.74) is 2.52. The maximum Gasteiger partial charge on any atom is 0.292 e. The zero-order chi connectivity index (χ0) is 17.0. The van der Waals surface area contributed by atoms with E-state index in [9.17, 15) is 14.9 Å². The van der Waals surface area contributed by atoms with Crippen LogP contribution in [-0.2, 0) is 0 Å². The van der Waals surface area contributed by atoms with Crippen LogP contribution in [0.25, 0.3) is 0 Å². The van der Waals surface area contributed by atoms with Gasteiger partial charge in [-0.25, -0.2) is 0 Å². The van der Waals surface area contributed by atoms with E-state index in [0.717, 1.165) is 11.1 Å². The van der Waals surface area contributed by atoms with Gasteiger partial charge in [-0.15, -0.1) is 0 Å². The van der Waals surface area contributed by atoms with Gasteiger partial charge in [-0.3, -0.25) is 20.2 Å². The van der Waals surface area contributed by atoms with Crippen LogP contribution in [0.1, 0.15) is 21.5 Å². The van der Waals surface area contributed by atoms with Gasteiger partial charge in [0, 0.05) is 11.6 Å². The molecule has 0 bridgehead atoms. The van der Waals surface area contributed by atoms with Crippen LogP contribution in [-0.4, -0.2) is 15.9 Å². The van der Waals surface area contributed by atoms with Gasteiger partial charge in [-0.1, -0.05) is 29.3 Å². The summed E-state index contributed by atoms with van der Waals surface area (Å²) in [6.07, 6.45) is 0.